The van der Waals surface area contributed by atoms with Crippen LogP contribution in [0.4, 0.5) is 10.5 Å². The molecular formula is C31H32IN3O6. The molecule has 10 heteroatoms. The molecule has 1 aliphatic carbocycles. The number of hydrogen-bond donors (Lipinski definition) is 4. The number of ether oxygens (including phenoxy) is 1. The van der Waals surface area contributed by atoms with E-state index in [1.807, 2.05) is 59.0 Å². The van der Waals surface area contributed by atoms with Crippen molar-refractivity contribution in [1.29, 1.82) is 0 Å². The van der Waals surface area contributed by atoms with Crippen LogP contribution >= 0.6 is 22.6 Å². The summed E-state index contributed by atoms with van der Waals surface area (Å²) in [6.07, 6.45) is -0.728. The molecule has 0 heterocycles. The summed E-state index contributed by atoms with van der Waals surface area (Å²) in [6.45, 7) is 6.93. The number of hydrogen-bond acceptors (Lipinski definition) is 5. The van der Waals surface area contributed by atoms with E-state index < -0.39 is 36.0 Å². The first kappa shape index (κ1) is 30.0. The van der Waals surface area contributed by atoms with Gasteiger partial charge in [-0.2, -0.15) is 0 Å². The quantitative estimate of drug-likeness (QED) is 0.229. The molecule has 0 aliphatic heterocycles. The molecule has 2 atom stereocenters. The fourth-order valence-electron chi connectivity index (χ4n) is 4.89. The minimum Gasteiger partial charge on any atom is -0.478 e. The maximum absolute atomic E-state index is 13.1. The molecule has 0 saturated carbocycles. The maximum Gasteiger partial charge on any atom is 0.407 e. The Morgan fingerprint density at radius 1 is 0.878 bits per heavy atom. The van der Waals surface area contributed by atoms with E-state index in [0.717, 1.165) is 22.3 Å². The fourth-order valence-corrected chi connectivity index (χ4v) is 5.86. The van der Waals surface area contributed by atoms with Crippen molar-refractivity contribution in [3.63, 3.8) is 0 Å². The average Bonchev–Trinajstić information content (AvgIpc) is 3.25. The smallest absolute Gasteiger partial charge is 0.407 e. The van der Waals surface area contributed by atoms with Crippen LogP contribution in [-0.2, 0) is 14.3 Å². The van der Waals surface area contributed by atoms with Gasteiger partial charge in [0.25, 0.3) is 0 Å². The van der Waals surface area contributed by atoms with Crippen LogP contribution in [-0.4, -0.2) is 47.7 Å². The summed E-state index contributed by atoms with van der Waals surface area (Å²) in [6, 6.07) is 17.2. The van der Waals surface area contributed by atoms with Gasteiger partial charge in [0.15, 0.2) is 0 Å². The van der Waals surface area contributed by atoms with Gasteiger partial charge in [0.1, 0.15) is 18.7 Å². The summed E-state index contributed by atoms with van der Waals surface area (Å²) in [5.41, 5.74) is 5.51. The lowest BCUT2D eigenvalue weighted by Crippen LogP contribution is -2.53. The largest absolute Gasteiger partial charge is 0.478 e. The summed E-state index contributed by atoms with van der Waals surface area (Å²) >= 11 is 1.87. The Morgan fingerprint density at radius 3 is 2.02 bits per heavy atom. The van der Waals surface area contributed by atoms with Crippen molar-refractivity contribution in [1.82, 2.24) is 10.6 Å². The number of nitrogens with one attached hydrogen (secondary N) is 3. The number of anilines is 1. The monoisotopic (exact) mass is 669 g/mol. The molecule has 0 saturated heterocycles. The molecule has 2 unspecified atom stereocenters. The van der Waals surface area contributed by atoms with E-state index in [4.69, 9.17) is 4.74 Å². The highest BCUT2D eigenvalue weighted by Crippen LogP contribution is 2.44. The molecule has 0 bridgehead atoms. The van der Waals surface area contributed by atoms with Crippen molar-refractivity contribution in [2.24, 2.45) is 5.92 Å². The van der Waals surface area contributed by atoms with Gasteiger partial charge < -0.3 is 25.8 Å². The van der Waals surface area contributed by atoms with Crippen LogP contribution in [0.15, 0.2) is 60.7 Å². The second-order valence-corrected chi connectivity index (χ2v) is 11.4. The van der Waals surface area contributed by atoms with Crippen molar-refractivity contribution in [2.45, 2.75) is 45.7 Å². The van der Waals surface area contributed by atoms with Gasteiger partial charge >= 0.3 is 12.1 Å². The molecule has 0 fully saturated rings. The van der Waals surface area contributed by atoms with Gasteiger partial charge in [0.05, 0.1) is 14.8 Å². The van der Waals surface area contributed by atoms with Crippen molar-refractivity contribution in [3.05, 3.63) is 86.5 Å². The number of aryl methyl sites for hydroxylation is 1. The van der Waals surface area contributed by atoms with Crippen LogP contribution in [0.1, 0.15) is 53.7 Å². The minimum absolute atomic E-state index is 0.0651. The lowest BCUT2D eigenvalue weighted by molar-refractivity contribution is -0.128. The number of alkyl carbamates (subject to hydrolysis) is 1. The average molecular weight is 670 g/mol. The van der Waals surface area contributed by atoms with Crippen LogP contribution < -0.4 is 16.0 Å². The Balaban J connectivity index is 1.37. The van der Waals surface area contributed by atoms with Crippen LogP contribution in [0.5, 0.6) is 0 Å². The minimum atomic E-state index is -1.11. The Labute approximate surface area is 252 Å². The van der Waals surface area contributed by atoms with E-state index in [1.54, 1.807) is 26.8 Å². The molecule has 9 nitrogen and oxygen atoms in total. The molecule has 0 spiro atoms. The summed E-state index contributed by atoms with van der Waals surface area (Å²) < 4.78 is 5.99. The summed E-state index contributed by atoms with van der Waals surface area (Å²) in [5.74, 6) is -2.58. The number of rotatable bonds is 9. The molecule has 0 radical (unpaired) electrons. The normalized spacial score (nSPS) is 13.5. The van der Waals surface area contributed by atoms with E-state index in [1.165, 1.54) is 13.0 Å². The lowest BCUT2D eigenvalue weighted by Gasteiger charge is -2.24. The van der Waals surface area contributed by atoms with Crippen LogP contribution in [0, 0.1) is 16.4 Å². The molecule has 3 aromatic rings. The van der Waals surface area contributed by atoms with Crippen LogP contribution in [0.2, 0.25) is 0 Å². The van der Waals surface area contributed by atoms with Gasteiger partial charge in [-0.15, -0.1) is 0 Å². The van der Waals surface area contributed by atoms with E-state index in [9.17, 15) is 24.3 Å². The van der Waals surface area contributed by atoms with Crippen molar-refractivity contribution < 1.29 is 29.0 Å². The lowest BCUT2D eigenvalue weighted by atomic mass is 9.98. The number of carbonyl (C=O) groups excluding carboxylic acids is 3. The molecule has 41 heavy (non-hydrogen) atoms. The number of halogens is 1. The number of fused-ring (bicyclic) bond motifs is 3. The fraction of sp³-hybridized carbons (Fsp3) is 0.290. The Bertz CT molecular complexity index is 1460. The highest BCUT2D eigenvalue weighted by molar-refractivity contribution is 14.1. The molecular weight excluding hydrogens is 637 g/mol. The zero-order valence-corrected chi connectivity index (χ0v) is 25.3. The second kappa shape index (κ2) is 12.7. The van der Waals surface area contributed by atoms with Crippen molar-refractivity contribution in [2.75, 3.05) is 11.9 Å². The standard InChI is InChI=1S/C31H32IN3O6/c1-16(2)26(29(37)33-18(4)28(36)34-27-17(3)13-14-23(25(27)32)30(38)39)35-31(40)41-15-24-21-11-7-5-9-19(21)20-10-6-8-12-22(20)24/h5-14,16,18,24,26H,15H2,1-4H3,(H,33,37)(H,34,36)(H,35,40)(H,38,39). The Hall–Kier alpha value is -3.93. The highest BCUT2D eigenvalue weighted by Gasteiger charge is 2.31. The number of aromatic carboxylic acids is 1. The second-order valence-electron chi connectivity index (χ2n) is 10.3. The van der Waals surface area contributed by atoms with E-state index in [2.05, 4.69) is 28.1 Å². The third-order valence-corrected chi connectivity index (χ3v) is 8.27. The third-order valence-electron chi connectivity index (χ3n) is 7.15. The van der Waals surface area contributed by atoms with E-state index in [-0.39, 0.29) is 24.0 Å². The van der Waals surface area contributed by atoms with Crippen molar-refractivity contribution in [3.8, 4) is 11.1 Å². The molecule has 3 aromatic carbocycles. The molecule has 214 valence electrons. The zero-order valence-electron chi connectivity index (χ0n) is 23.2. The van der Waals surface area contributed by atoms with Crippen LogP contribution in [0.3, 0.4) is 0 Å². The number of amides is 3. The van der Waals surface area contributed by atoms with E-state index in [0.29, 0.717) is 14.8 Å². The summed E-state index contributed by atoms with van der Waals surface area (Å²) in [5, 5.41) is 17.4. The topological polar surface area (TPSA) is 134 Å². The Kier molecular flexibility index (Phi) is 9.31. The van der Waals surface area contributed by atoms with Gasteiger partial charge in [-0.05, 0) is 76.2 Å². The highest BCUT2D eigenvalue weighted by atomic mass is 127. The molecule has 1 aliphatic rings. The van der Waals surface area contributed by atoms with E-state index >= 15 is 0 Å². The first-order chi connectivity index (χ1) is 19.5. The molecule has 0 aromatic heterocycles. The summed E-state index contributed by atoms with van der Waals surface area (Å²) in [4.78, 5) is 50.3. The van der Waals surface area contributed by atoms with Crippen molar-refractivity contribution >= 4 is 52.2 Å². The predicted octanol–water partition coefficient (Wildman–Crippen LogP) is 5.30. The number of carbonyl (C=O) groups is 4. The Morgan fingerprint density at radius 2 is 1.46 bits per heavy atom. The molecule has 4 rings (SSSR count). The number of carboxylic acid groups (broad SMARTS) is 1. The number of benzene rings is 3. The first-order valence-electron chi connectivity index (χ1n) is 13.2. The maximum atomic E-state index is 13.1. The van der Waals surface area contributed by atoms with Gasteiger partial charge in [0, 0.05) is 5.92 Å². The van der Waals surface area contributed by atoms with Crippen LogP contribution in [0.25, 0.3) is 11.1 Å². The summed E-state index contributed by atoms with van der Waals surface area (Å²) in [7, 11) is 0. The number of carboxylic acids is 1. The molecule has 4 N–H and O–H groups in total. The predicted molar refractivity (Wildman–Crippen MR) is 164 cm³/mol. The first-order valence-corrected chi connectivity index (χ1v) is 14.3. The van der Waals surface area contributed by atoms with Gasteiger partial charge in [-0.1, -0.05) is 68.4 Å². The third kappa shape index (κ3) is 6.53. The zero-order chi connectivity index (χ0) is 29.8. The van der Waals surface area contributed by atoms with Gasteiger partial charge in [-0.25, -0.2) is 9.59 Å². The van der Waals surface area contributed by atoms with Gasteiger partial charge in [0.2, 0.25) is 11.8 Å². The van der Waals surface area contributed by atoms with Gasteiger partial charge in [-0.3, -0.25) is 9.59 Å². The SMILES string of the molecule is Cc1ccc(C(=O)O)c(I)c1NC(=O)C(C)NC(=O)C(NC(=O)OCC1c2ccccc2-c2ccccc21)C(C)C. The molecule has 3 amide bonds.